The minimum absolute atomic E-state index is 0.334. The lowest BCUT2D eigenvalue weighted by Gasteiger charge is -2.40. The van der Waals surface area contributed by atoms with Gasteiger partial charge in [0.15, 0.2) is 0 Å². The lowest BCUT2D eigenvalue weighted by atomic mass is 10.0. The van der Waals surface area contributed by atoms with Crippen molar-refractivity contribution in [3.05, 3.63) is 29.3 Å². The molecule has 2 atom stereocenters. The van der Waals surface area contributed by atoms with E-state index in [2.05, 4.69) is 0 Å². The lowest BCUT2D eigenvalue weighted by molar-refractivity contribution is -0.930. The molecule has 20 heavy (non-hydrogen) atoms. The van der Waals surface area contributed by atoms with Gasteiger partial charge in [0.2, 0.25) is 0 Å². The molecule has 0 radical (unpaired) electrons. The van der Waals surface area contributed by atoms with Crippen LogP contribution in [-0.4, -0.2) is 40.9 Å². The number of likely N-dealkylation sites (tertiary alicyclic amines) is 1. The molecule has 2 rings (SSSR count). The Morgan fingerprint density at radius 3 is 2.60 bits per heavy atom. The molecule has 1 aromatic rings. The first-order valence-corrected chi connectivity index (χ1v) is 6.60. The van der Waals surface area contributed by atoms with Crippen LogP contribution in [0.5, 0.6) is 5.75 Å². The quantitative estimate of drug-likeness (QED) is 0.822. The molecular formula is C14H19F3NO2+. The van der Waals surface area contributed by atoms with Gasteiger partial charge in [-0.1, -0.05) is 0 Å². The zero-order valence-corrected chi connectivity index (χ0v) is 11.3. The Bertz CT molecular complexity index is 490. The first kappa shape index (κ1) is 15.1. The van der Waals surface area contributed by atoms with Gasteiger partial charge in [0.05, 0.1) is 19.2 Å². The highest BCUT2D eigenvalue weighted by Crippen LogP contribution is 2.34. The molecule has 2 N–H and O–H groups in total. The average Bonchev–Trinajstić information content (AvgIpc) is 2.29. The number of phenolic OH excluding ortho intramolecular Hbond substituents is 1. The fourth-order valence-electron chi connectivity index (χ4n) is 2.83. The van der Waals surface area contributed by atoms with Crippen molar-refractivity contribution in [2.75, 3.05) is 20.1 Å². The third-order valence-electron chi connectivity index (χ3n) is 3.85. The second kappa shape index (κ2) is 5.26. The minimum atomic E-state index is -4.45. The highest BCUT2D eigenvalue weighted by molar-refractivity contribution is 5.37. The van der Waals surface area contributed by atoms with Gasteiger partial charge in [0.25, 0.3) is 0 Å². The van der Waals surface area contributed by atoms with E-state index >= 15 is 0 Å². The van der Waals surface area contributed by atoms with Gasteiger partial charge in [-0.3, -0.25) is 0 Å². The van der Waals surface area contributed by atoms with Crippen molar-refractivity contribution in [1.29, 1.82) is 0 Å². The molecule has 1 aromatic carbocycles. The fraction of sp³-hybridized carbons (Fsp3) is 0.571. The summed E-state index contributed by atoms with van der Waals surface area (Å²) in [4.78, 5) is 0. The molecule has 1 fully saturated rings. The first-order valence-electron chi connectivity index (χ1n) is 6.60. The molecule has 0 aliphatic carbocycles. The van der Waals surface area contributed by atoms with Crippen molar-refractivity contribution >= 4 is 0 Å². The molecule has 6 heteroatoms. The summed E-state index contributed by atoms with van der Waals surface area (Å²) >= 11 is 0. The maximum absolute atomic E-state index is 12.5. The van der Waals surface area contributed by atoms with E-state index in [1.54, 1.807) is 0 Å². The Morgan fingerprint density at radius 1 is 1.35 bits per heavy atom. The molecule has 0 amide bonds. The number of halogens is 3. The number of piperidine rings is 1. The predicted molar refractivity (Wildman–Crippen MR) is 68.0 cm³/mol. The number of aliphatic hydroxyl groups is 1. The zero-order valence-electron chi connectivity index (χ0n) is 11.3. The number of aromatic hydroxyl groups is 1. The standard InChI is InChI=1S/C14H18F3NO2/c1-18(6-2-3-12(19)9-18)8-10-4-5-11(7-13(10)20)14(15,16)17/h4-5,7,12,19H,2-3,6,8-9H2,1H3/p+1. The predicted octanol–water partition coefficient (Wildman–Crippen LogP) is 2.51. The van der Waals surface area contributed by atoms with Gasteiger partial charge in [-0.05, 0) is 31.0 Å². The van der Waals surface area contributed by atoms with Crippen LogP contribution in [0.1, 0.15) is 24.0 Å². The van der Waals surface area contributed by atoms with Crippen molar-refractivity contribution < 1.29 is 27.9 Å². The lowest BCUT2D eigenvalue weighted by Crippen LogP contribution is -2.52. The maximum atomic E-state index is 12.5. The summed E-state index contributed by atoms with van der Waals surface area (Å²) in [5.74, 6) is -0.334. The minimum Gasteiger partial charge on any atom is -0.507 e. The number of quaternary nitrogens is 1. The van der Waals surface area contributed by atoms with Crippen molar-refractivity contribution in [2.45, 2.75) is 31.7 Å². The number of rotatable bonds is 2. The molecule has 1 aliphatic heterocycles. The monoisotopic (exact) mass is 290 g/mol. The van der Waals surface area contributed by atoms with Crippen LogP contribution in [0.3, 0.4) is 0 Å². The van der Waals surface area contributed by atoms with Gasteiger partial charge in [-0.2, -0.15) is 13.2 Å². The van der Waals surface area contributed by atoms with Gasteiger partial charge in [0.1, 0.15) is 24.9 Å². The molecule has 3 nitrogen and oxygen atoms in total. The summed E-state index contributed by atoms with van der Waals surface area (Å²) < 4.78 is 38.1. The van der Waals surface area contributed by atoms with Gasteiger partial charge in [-0.15, -0.1) is 0 Å². The fourth-order valence-corrected chi connectivity index (χ4v) is 2.83. The highest BCUT2D eigenvalue weighted by Gasteiger charge is 2.33. The van der Waals surface area contributed by atoms with Crippen molar-refractivity contribution in [3.63, 3.8) is 0 Å². The summed E-state index contributed by atoms with van der Waals surface area (Å²) in [6.45, 7) is 1.82. The van der Waals surface area contributed by atoms with E-state index in [-0.39, 0.29) is 11.9 Å². The van der Waals surface area contributed by atoms with Crippen LogP contribution < -0.4 is 0 Å². The first-order chi connectivity index (χ1) is 9.20. The summed E-state index contributed by atoms with van der Waals surface area (Å²) in [5.41, 5.74) is -0.366. The van der Waals surface area contributed by atoms with Crippen LogP contribution in [0.25, 0.3) is 0 Å². The summed E-state index contributed by atoms with van der Waals surface area (Å²) in [6.07, 6.45) is -3.20. The van der Waals surface area contributed by atoms with Crippen molar-refractivity contribution in [3.8, 4) is 5.75 Å². The van der Waals surface area contributed by atoms with Gasteiger partial charge >= 0.3 is 6.18 Å². The molecule has 0 spiro atoms. The second-order valence-corrected chi connectivity index (χ2v) is 5.82. The Labute approximate surface area is 115 Å². The maximum Gasteiger partial charge on any atom is 0.416 e. The summed E-state index contributed by atoms with van der Waals surface area (Å²) in [6, 6.07) is 3.08. The number of nitrogens with zero attached hydrogens (tertiary/aromatic N) is 1. The highest BCUT2D eigenvalue weighted by atomic mass is 19.4. The Morgan fingerprint density at radius 2 is 2.05 bits per heavy atom. The van der Waals surface area contributed by atoms with Gasteiger partial charge < -0.3 is 14.7 Å². The number of alkyl halides is 3. The van der Waals surface area contributed by atoms with Crippen LogP contribution >= 0.6 is 0 Å². The van der Waals surface area contributed by atoms with E-state index in [9.17, 15) is 23.4 Å². The molecule has 1 saturated heterocycles. The Hall–Kier alpha value is -1.27. The molecule has 1 aliphatic rings. The molecule has 0 bridgehead atoms. The third kappa shape index (κ3) is 3.43. The smallest absolute Gasteiger partial charge is 0.416 e. The SMILES string of the molecule is C[N+]1(Cc2ccc(C(F)(F)F)cc2O)CCCC(O)C1. The van der Waals surface area contributed by atoms with Gasteiger partial charge in [-0.25, -0.2) is 0 Å². The largest absolute Gasteiger partial charge is 0.507 e. The number of hydrogen-bond acceptors (Lipinski definition) is 2. The van der Waals surface area contributed by atoms with Crippen LogP contribution in [0.4, 0.5) is 13.2 Å². The van der Waals surface area contributed by atoms with E-state index in [4.69, 9.17) is 0 Å². The van der Waals surface area contributed by atoms with E-state index in [1.165, 1.54) is 6.07 Å². The molecule has 1 heterocycles. The molecular weight excluding hydrogens is 271 g/mol. The number of hydrogen-bond donors (Lipinski definition) is 2. The van der Waals surface area contributed by atoms with E-state index < -0.39 is 11.7 Å². The average molecular weight is 290 g/mol. The molecule has 112 valence electrons. The van der Waals surface area contributed by atoms with Crippen LogP contribution in [0, 0.1) is 0 Å². The van der Waals surface area contributed by atoms with Crippen molar-refractivity contribution in [2.24, 2.45) is 0 Å². The van der Waals surface area contributed by atoms with Crippen molar-refractivity contribution in [1.82, 2.24) is 0 Å². The zero-order chi connectivity index (χ0) is 15.0. The van der Waals surface area contributed by atoms with Crippen LogP contribution in [0.2, 0.25) is 0 Å². The number of aliphatic hydroxyl groups excluding tert-OH is 1. The Balaban J connectivity index is 2.18. The summed E-state index contributed by atoms with van der Waals surface area (Å²) in [7, 11) is 1.94. The Kier molecular flexibility index (Phi) is 3.97. The molecule has 0 aromatic heterocycles. The topological polar surface area (TPSA) is 40.5 Å². The van der Waals surface area contributed by atoms with Gasteiger partial charge in [0, 0.05) is 5.56 Å². The van der Waals surface area contributed by atoms with E-state index in [1.807, 2.05) is 7.05 Å². The molecule has 2 unspecified atom stereocenters. The second-order valence-electron chi connectivity index (χ2n) is 5.82. The normalized spacial score (nSPS) is 27.6. The van der Waals surface area contributed by atoms with E-state index in [0.29, 0.717) is 23.1 Å². The molecule has 0 saturated carbocycles. The number of phenols is 1. The van der Waals surface area contributed by atoms with E-state index in [0.717, 1.165) is 31.5 Å². The summed E-state index contributed by atoms with van der Waals surface area (Å²) in [5, 5.41) is 19.5. The van der Waals surface area contributed by atoms with Crippen LogP contribution in [0.15, 0.2) is 18.2 Å². The number of benzene rings is 1. The third-order valence-corrected chi connectivity index (χ3v) is 3.85. The number of likely N-dealkylation sites (N-methyl/N-ethyl adjacent to an activating group) is 1. The van der Waals surface area contributed by atoms with Crippen LogP contribution in [-0.2, 0) is 12.7 Å².